The molecule has 0 amide bonds. The van der Waals surface area contributed by atoms with E-state index in [9.17, 15) is 5.11 Å². The van der Waals surface area contributed by atoms with Crippen LogP contribution in [0, 0.1) is 0 Å². The van der Waals surface area contributed by atoms with Gasteiger partial charge in [0.05, 0.1) is 18.5 Å². The van der Waals surface area contributed by atoms with Crippen molar-refractivity contribution in [2.24, 2.45) is 5.73 Å². The van der Waals surface area contributed by atoms with Gasteiger partial charge in [0, 0.05) is 13.0 Å². The Balaban J connectivity index is 1.87. The average Bonchev–Trinajstić information content (AvgIpc) is 3.01. The molecule has 1 fully saturated rings. The van der Waals surface area contributed by atoms with Gasteiger partial charge in [0.25, 0.3) is 0 Å². The van der Waals surface area contributed by atoms with E-state index in [2.05, 4.69) is 15.0 Å². The molecule has 2 aromatic rings. The number of aromatic nitrogens is 4. The summed E-state index contributed by atoms with van der Waals surface area (Å²) in [5.41, 5.74) is 12.6. The predicted molar refractivity (Wildman–Crippen MR) is 78.5 cm³/mol. The third kappa shape index (κ3) is 2.75. The second-order valence-corrected chi connectivity index (χ2v) is 5.79. The number of hydrogen-bond donors (Lipinski definition) is 3. The van der Waals surface area contributed by atoms with E-state index in [1.54, 1.807) is 24.7 Å². The van der Waals surface area contributed by atoms with Crippen LogP contribution < -0.4 is 11.5 Å². The summed E-state index contributed by atoms with van der Waals surface area (Å²) >= 11 is 0. The summed E-state index contributed by atoms with van der Waals surface area (Å²) in [5, 5.41) is 9.84. The van der Waals surface area contributed by atoms with E-state index in [1.165, 1.54) is 6.33 Å². The Labute approximate surface area is 127 Å². The van der Waals surface area contributed by atoms with Crippen molar-refractivity contribution in [2.45, 2.75) is 44.5 Å². The third-order valence-electron chi connectivity index (χ3n) is 3.55. The molecule has 0 aliphatic carbocycles. The van der Waals surface area contributed by atoms with Crippen LogP contribution in [0.4, 0.5) is 5.82 Å². The molecule has 22 heavy (non-hydrogen) atoms. The molecule has 0 saturated carbocycles. The average molecular weight is 308 g/mol. The summed E-state index contributed by atoms with van der Waals surface area (Å²) in [6, 6.07) is 0. The minimum atomic E-state index is -1.25. The van der Waals surface area contributed by atoms with Crippen molar-refractivity contribution in [3.8, 4) is 0 Å². The molecule has 9 heteroatoms. The second kappa shape index (κ2) is 5.43. The van der Waals surface area contributed by atoms with Crippen LogP contribution in [0.1, 0.15) is 26.5 Å². The molecule has 5 N–H and O–H groups in total. The van der Waals surface area contributed by atoms with Crippen LogP contribution in [0.2, 0.25) is 0 Å². The minimum absolute atomic E-state index is 0.293. The van der Waals surface area contributed by atoms with Crippen molar-refractivity contribution in [3.05, 3.63) is 12.7 Å². The standard InChI is InChI=1S/C13H20N6O3/c1-13(2,20)22-7-3-9(21-8(7)4-14)19-6-18-10-11(15)16-5-17-12(10)19/h5-9,20H,3-4,14H2,1-2H3,(H2,15,16,17)/t7-,8-,9-/m1/s1. The number of hydrogen-bond acceptors (Lipinski definition) is 8. The van der Waals surface area contributed by atoms with Crippen molar-refractivity contribution >= 4 is 17.0 Å². The molecule has 3 atom stereocenters. The van der Waals surface area contributed by atoms with Crippen LogP contribution in [-0.2, 0) is 9.47 Å². The van der Waals surface area contributed by atoms with Crippen molar-refractivity contribution in [1.29, 1.82) is 0 Å². The van der Waals surface area contributed by atoms with Gasteiger partial charge in [-0.05, 0) is 13.8 Å². The fraction of sp³-hybridized carbons (Fsp3) is 0.615. The summed E-state index contributed by atoms with van der Waals surface area (Å²) in [5.74, 6) is -0.929. The Bertz CT molecular complexity index is 667. The topological polar surface area (TPSA) is 134 Å². The Morgan fingerprint density at radius 3 is 2.91 bits per heavy atom. The molecule has 2 aromatic heterocycles. The van der Waals surface area contributed by atoms with E-state index in [4.69, 9.17) is 20.9 Å². The number of imidazole rings is 1. The van der Waals surface area contributed by atoms with E-state index < -0.39 is 5.79 Å². The third-order valence-corrected chi connectivity index (χ3v) is 3.55. The van der Waals surface area contributed by atoms with Crippen LogP contribution in [-0.4, -0.2) is 49.2 Å². The van der Waals surface area contributed by atoms with Gasteiger partial charge in [-0.15, -0.1) is 0 Å². The van der Waals surface area contributed by atoms with Gasteiger partial charge in [-0.2, -0.15) is 0 Å². The van der Waals surface area contributed by atoms with Crippen LogP contribution in [0.5, 0.6) is 0 Å². The highest BCUT2D eigenvalue weighted by Crippen LogP contribution is 2.34. The summed E-state index contributed by atoms with van der Waals surface area (Å²) in [4.78, 5) is 12.3. The highest BCUT2D eigenvalue weighted by atomic mass is 16.6. The smallest absolute Gasteiger partial charge is 0.167 e. The van der Waals surface area contributed by atoms with Gasteiger partial charge in [0.1, 0.15) is 18.1 Å². The maximum atomic E-state index is 9.84. The number of rotatable bonds is 4. The molecular weight excluding hydrogens is 288 g/mol. The van der Waals surface area contributed by atoms with E-state index in [1.807, 2.05) is 0 Å². The number of nitrogens with two attached hydrogens (primary N) is 2. The monoisotopic (exact) mass is 308 g/mol. The van der Waals surface area contributed by atoms with Gasteiger partial charge in [-0.3, -0.25) is 4.57 Å². The van der Waals surface area contributed by atoms with Crippen molar-refractivity contribution in [1.82, 2.24) is 19.5 Å². The minimum Gasteiger partial charge on any atom is -0.382 e. The summed E-state index contributed by atoms with van der Waals surface area (Å²) in [7, 11) is 0. The molecule has 0 spiro atoms. The van der Waals surface area contributed by atoms with Crippen LogP contribution in [0.25, 0.3) is 11.2 Å². The lowest BCUT2D eigenvalue weighted by Gasteiger charge is -2.25. The Hall–Kier alpha value is -1.81. The molecule has 120 valence electrons. The van der Waals surface area contributed by atoms with Gasteiger partial charge in [0.2, 0.25) is 0 Å². The molecule has 1 aliphatic rings. The highest BCUT2D eigenvalue weighted by Gasteiger charge is 2.39. The molecule has 3 rings (SSSR count). The maximum absolute atomic E-state index is 9.84. The fourth-order valence-electron chi connectivity index (χ4n) is 2.66. The Morgan fingerprint density at radius 2 is 2.23 bits per heavy atom. The highest BCUT2D eigenvalue weighted by molar-refractivity contribution is 5.81. The van der Waals surface area contributed by atoms with Crippen molar-refractivity contribution < 1.29 is 14.6 Å². The van der Waals surface area contributed by atoms with E-state index >= 15 is 0 Å². The SMILES string of the molecule is CC(C)(O)O[C@@H]1C[C@H](n2cnc3c(N)ncnc32)O[C@@H]1CN. The van der Waals surface area contributed by atoms with Crippen molar-refractivity contribution in [3.63, 3.8) is 0 Å². The van der Waals surface area contributed by atoms with E-state index in [0.717, 1.165) is 0 Å². The van der Waals surface area contributed by atoms with Crippen LogP contribution in [0.3, 0.4) is 0 Å². The van der Waals surface area contributed by atoms with Gasteiger partial charge in [0.15, 0.2) is 17.3 Å². The van der Waals surface area contributed by atoms with Crippen molar-refractivity contribution in [2.75, 3.05) is 12.3 Å². The van der Waals surface area contributed by atoms with E-state index in [-0.39, 0.29) is 18.4 Å². The quantitative estimate of drug-likeness (QED) is 0.659. The number of ether oxygens (including phenoxy) is 2. The zero-order valence-corrected chi connectivity index (χ0v) is 12.5. The number of nitrogen functional groups attached to an aromatic ring is 1. The summed E-state index contributed by atoms with van der Waals surface area (Å²) in [6.07, 6.45) is 2.57. The van der Waals surface area contributed by atoms with Gasteiger partial charge < -0.3 is 26.0 Å². The zero-order chi connectivity index (χ0) is 15.9. The van der Waals surface area contributed by atoms with E-state index in [0.29, 0.717) is 29.9 Å². The molecule has 1 saturated heterocycles. The zero-order valence-electron chi connectivity index (χ0n) is 12.5. The molecule has 0 unspecified atom stereocenters. The lowest BCUT2D eigenvalue weighted by atomic mass is 10.1. The first-order valence-electron chi connectivity index (χ1n) is 7.08. The van der Waals surface area contributed by atoms with Gasteiger partial charge >= 0.3 is 0 Å². The molecule has 0 aromatic carbocycles. The maximum Gasteiger partial charge on any atom is 0.167 e. The van der Waals surface area contributed by atoms with Gasteiger partial charge in [-0.1, -0.05) is 0 Å². The predicted octanol–water partition coefficient (Wildman–Crippen LogP) is -0.232. The lowest BCUT2D eigenvalue weighted by Crippen LogP contribution is -2.38. The molecule has 0 radical (unpaired) electrons. The number of anilines is 1. The molecule has 0 bridgehead atoms. The molecule has 9 nitrogen and oxygen atoms in total. The normalized spacial score (nSPS) is 25.9. The lowest BCUT2D eigenvalue weighted by molar-refractivity contribution is -0.213. The number of nitrogens with zero attached hydrogens (tertiary/aromatic N) is 4. The fourth-order valence-corrected chi connectivity index (χ4v) is 2.66. The van der Waals surface area contributed by atoms with Crippen LogP contribution >= 0.6 is 0 Å². The first-order chi connectivity index (χ1) is 10.4. The number of aliphatic hydroxyl groups is 1. The molecule has 1 aliphatic heterocycles. The first kappa shape index (κ1) is 15.1. The molecular formula is C13H20N6O3. The van der Waals surface area contributed by atoms with Crippen LogP contribution in [0.15, 0.2) is 12.7 Å². The first-order valence-corrected chi connectivity index (χ1v) is 7.08. The Kier molecular flexibility index (Phi) is 3.73. The second-order valence-electron chi connectivity index (χ2n) is 5.79. The van der Waals surface area contributed by atoms with Gasteiger partial charge in [-0.25, -0.2) is 15.0 Å². The Morgan fingerprint density at radius 1 is 1.45 bits per heavy atom. The number of fused-ring (bicyclic) bond motifs is 1. The molecule has 3 heterocycles. The largest absolute Gasteiger partial charge is 0.382 e. The summed E-state index contributed by atoms with van der Waals surface area (Å²) in [6.45, 7) is 3.45. The summed E-state index contributed by atoms with van der Waals surface area (Å²) < 4.78 is 13.3.